The first kappa shape index (κ1) is 16.1. The zero-order valence-corrected chi connectivity index (χ0v) is 13.8. The second-order valence-corrected chi connectivity index (χ2v) is 5.86. The van der Waals surface area contributed by atoms with E-state index in [9.17, 15) is 4.79 Å². The summed E-state index contributed by atoms with van der Waals surface area (Å²) in [6.07, 6.45) is 0.707. The lowest BCUT2D eigenvalue weighted by Crippen LogP contribution is -2.13. The molecule has 0 bridgehead atoms. The molecule has 1 aromatic heterocycles. The molecule has 0 spiro atoms. The molecule has 0 aliphatic carbocycles. The number of aliphatic carboxylic acids is 1. The van der Waals surface area contributed by atoms with E-state index in [1.165, 1.54) is 0 Å². The van der Waals surface area contributed by atoms with E-state index in [-0.39, 0.29) is 12.5 Å². The lowest BCUT2D eigenvalue weighted by molar-refractivity contribution is -0.137. The molecule has 1 unspecified atom stereocenters. The fourth-order valence-corrected chi connectivity index (χ4v) is 2.98. The van der Waals surface area contributed by atoms with Crippen LogP contribution in [0.2, 0.25) is 0 Å². The molecule has 0 radical (unpaired) electrons. The number of methoxy groups -OCH3 is 1. The third-order valence-electron chi connectivity index (χ3n) is 4.10. The minimum absolute atomic E-state index is 0.0654. The maximum Gasteiger partial charge on any atom is 0.305 e. The van der Waals surface area contributed by atoms with E-state index in [0.29, 0.717) is 6.42 Å². The Hall–Kier alpha value is -2.82. The van der Waals surface area contributed by atoms with Crippen molar-refractivity contribution in [2.75, 3.05) is 7.11 Å². The van der Waals surface area contributed by atoms with E-state index in [4.69, 9.17) is 14.8 Å². The molecule has 24 heavy (non-hydrogen) atoms. The Bertz CT molecular complexity index is 853. The fourth-order valence-electron chi connectivity index (χ4n) is 2.98. The Morgan fingerprint density at radius 3 is 2.58 bits per heavy atom. The molecule has 3 rings (SSSR count). The van der Waals surface area contributed by atoms with Gasteiger partial charge < -0.3 is 14.4 Å². The molecule has 0 aliphatic rings. The molecule has 0 saturated carbocycles. The maximum absolute atomic E-state index is 11.1. The highest BCUT2D eigenvalue weighted by molar-refractivity contribution is 5.76. The number of hydrogen-bond acceptors (Lipinski definition) is 3. The summed E-state index contributed by atoms with van der Waals surface area (Å²) in [4.78, 5) is 15.9. The van der Waals surface area contributed by atoms with Gasteiger partial charge in [-0.1, -0.05) is 24.3 Å². The lowest BCUT2D eigenvalue weighted by Gasteiger charge is -2.16. The molecular weight excluding hydrogens is 304 g/mol. The number of hydrogen-bond donors (Lipinski definition) is 1. The molecule has 0 saturated heterocycles. The van der Waals surface area contributed by atoms with Crippen molar-refractivity contribution in [3.8, 4) is 5.75 Å². The van der Waals surface area contributed by atoms with Crippen molar-refractivity contribution in [1.29, 1.82) is 0 Å². The highest BCUT2D eigenvalue weighted by Gasteiger charge is 2.18. The normalized spacial score (nSPS) is 12.2. The fraction of sp³-hybridized carbons (Fsp3) is 0.263. The Morgan fingerprint density at radius 2 is 1.92 bits per heavy atom. The minimum Gasteiger partial charge on any atom is -0.497 e. The van der Waals surface area contributed by atoms with Crippen LogP contribution in [0.1, 0.15) is 30.8 Å². The summed E-state index contributed by atoms with van der Waals surface area (Å²) >= 11 is 0. The van der Waals surface area contributed by atoms with Crippen molar-refractivity contribution in [2.24, 2.45) is 0 Å². The molecule has 1 heterocycles. The molecule has 1 N–H and O–H groups in total. The highest BCUT2D eigenvalue weighted by Crippen LogP contribution is 2.25. The van der Waals surface area contributed by atoms with Crippen LogP contribution < -0.4 is 4.74 Å². The summed E-state index contributed by atoms with van der Waals surface area (Å²) in [5, 5.41) is 9.15. The maximum atomic E-state index is 11.1. The van der Waals surface area contributed by atoms with Crippen molar-refractivity contribution in [3.63, 3.8) is 0 Å². The quantitative estimate of drug-likeness (QED) is 0.751. The SMILES string of the molecule is COc1ccc(Cc2nc3ccccc3n2C(C)CC(=O)O)cc1. The van der Waals surface area contributed by atoms with Gasteiger partial charge >= 0.3 is 5.97 Å². The van der Waals surface area contributed by atoms with Crippen molar-refractivity contribution < 1.29 is 14.6 Å². The summed E-state index contributed by atoms with van der Waals surface area (Å²) < 4.78 is 7.22. The number of carboxylic acid groups (broad SMARTS) is 1. The molecule has 0 aliphatic heterocycles. The van der Waals surface area contributed by atoms with Gasteiger partial charge in [-0.3, -0.25) is 4.79 Å². The smallest absolute Gasteiger partial charge is 0.305 e. The first-order valence-corrected chi connectivity index (χ1v) is 7.89. The zero-order chi connectivity index (χ0) is 17.1. The highest BCUT2D eigenvalue weighted by atomic mass is 16.5. The molecule has 0 amide bonds. The Labute approximate surface area is 140 Å². The van der Waals surface area contributed by atoms with Crippen LogP contribution in [0.4, 0.5) is 0 Å². The van der Waals surface area contributed by atoms with E-state index < -0.39 is 5.97 Å². The molecule has 2 aromatic carbocycles. The van der Waals surface area contributed by atoms with Gasteiger partial charge in [-0.15, -0.1) is 0 Å². The molecule has 124 valence electrons. The standard InChI is InChI=1S/C19H20N2O3/c1-13(11-19(22)23)21-17-6-4-3-5-16(17)20-18(21)12-14-7-9-15(24-2)10-8-14/h3-10,13H,11-12H2,1-2H3,(H,22,23). The molecule has 3 aromatic rings. The molecule has 5 heteroatoms. The number of imidazole rings is 1. The van der Waals surface area contributed by atoms with E-state index >= 15 is 0 Å². The van der Waals surface area contributed by atoms with Gasteiger partial charge in [-0.25, -0.2) is 4.98 Å². The Kier molecular flexibility index (Phi) is 4.51. The second-order valence-electron chi connectivity index (χ2n) is 5.86. The van der Waals surface area contributed by atoms with Crippen LogP contribution >= 0.6 is 0 Å². The van der Waals surface area contributed by atoms with Gasteiger partial charge in [0.2, 0.25) is 0 Å². The minimum atomic E-state index is -0.810. The number of benzene rings is 2. The predicted octanol–water partition coefficient (Wildman–Crippen LogP) is 3.67. The van der Waals surface area contributed by atoms with E-state index in [0.717, 1.165) is 28.2 Å². The number of carbonyl (C=O) groups is 1. The molecular formula is C19H20N2O3. The van der Waals surface area contributed by atoms with Crippen LogP contribution in [0, 0.1) is 0 Å². The van der Waals surface area contributed by atoms with Gasteiger partial charge in [-0.2, -0.15) is 0 Å². The summed E-state index contributed by atoms with van der Waals surface area (Å²) in [5.74, 6) is 0.872. The number of rotatable bonds is 6. The third kappa shape index (κ3) is 3.25. The van der Waals surface area contributed by atoms with E-state index in [2.05, 4.69) is 0 Å². The van der Waals surface area contributed by atoms with Crippen molar-refractivity contribution in [2.45, 2.75) is 25.8 Å². The number of ether oxygens (including phenoxy) is 1. The van der Waals surface area contributed by atoms with E-state index in [1.54, 1.807) is 7.11 Å². The summed E-state index contributed by atoms with van der Waals surface area (Å²) in [7, 11) is 1.64. The number of nitrogens with zero attached hydrogens (tertiary/aromatic N) is 2. The molecule has 5 nitrogen and oxygen atoms in total. The zero-order valence-electron chi connectivity index (χ0n) is 13.8. The third-order valence-corrected chi connectivity index (χ3v) is 4.10. The van der Waals surface area contributed by atoms with Crippen LogP contribution in [0.25, 0.3) is 11.0 Å². The van der Waals surface area contributed by atoms with Gasteiger partial charge in [0.15, 0.2) is 0 Å². The Balaban J connectivity index is 2.00. The first-order chi connectivity index (χ1) is 11.6. The summed E-state index contributed by atoms with van der Waals surface area (Å²) in [6, 6.07) is 15.5. The van der Waals surface area contributed by atoms with Crippen molar-refractivity contribution >= 4 is 17.0 Å². The van der Waals surface area contributed by atoms with Crippen LogP contribution in [0.5, 0.6) is 5.75 Å². The predicted molar refractivity (Wildman–Crippen MR) is 92.5 cm³/mol. The van der Waals surface area contributed by atoms with E-state index in [1.807, 2.05) is 60.0 Å². The number of fused-ring (bicyclic) bond motifs is 1. The largest absolute Gasteiger partial charge is 0.497 e. The number of para-hydroxylation sites is 2. The van der Waals surface area contributed by atoms with Gasteiger partial charge in [0.1, 0.15) is 11.6 Å². The van der Waals surface area contributed by atoms with Crippen LogP contribution in [-0.2, 0) is 11.2 Å². The van der Waals surface area contributed by atoms with Crippen molar-refractivity contribution in [3.05, 3.63) is 59.9 Å². The monoisotopic (exact) mass is 324 g/mol. The first-order valence-electron chi connectivity index (χ1n) is 7.89. The van der Waals surface area contributed by atoms with Crippen LogP contribution in [-0.4, -0.2) is 27.7 Å². The molecule has 1 atom stereocenters. The molecule has 0 fully saturated rings. The van der Waals surface area contributed by atoms with Gasteiger partial charge in [-0.05, 0) is 36.8 Å². The number of aromatic nitrogens is 2. The summed E-state index contributed by atoms with van der Waals surface area (Å²) in [6.45, 7) is 1.92. The van der Waals surface area contributed by atoms with Crippen molar-refractivity contribution in [1.82, 2.24) is 9.55 Å². The second kappa shape index (κ2) is 6.74. The average molecular weight is 324 g/mol. The lowest BCUT2D eigenvalue weighted by atomic mass is 10.1. The number of carboxylic acids is 1. The van der Waals surface area contributed by atoms with Gasteiger partial charge in [0, 0.05) is 12.5 Å². The van der Waals surface area contributed by atoms with Gasteiger partial charge in [0.05, 0.1) is 24.6 Å². The topological polar surface area (TPSA) is 64.4 Å². The average Bonchev–Trinajstić information content (AvgIpc) is 2.92. The van der Waals surface area contributed by atoms with Crippen LogP contribution in [0.15, 0.2) is 48.5 Å². The van der Waals surface area contributed by atoms with Gasteiger partial charge in [0.25, 0.3) is 0 Å². The summed E-state index contributed by atoms with van der Waals surface area (Å²) in [5.41, 5.74) is 2.96. The van der Waals surface area contributed by atoms with Crippen LogP contribution in [0.3, 0.4) is 0 Å². The Morgan fingerprint density at radius 1 is 1.21 bits per heavy atom.